The van der Waals surface area contributed by atoms with Crippen molar-refractivity contribution in [3.63, 3.8) is 0 Å². The Morgan fingerprint density at radius 2 is 2.00 bits per heavy atom. The molecule has 1 rings (SSSR count). The number of methoxy groups -OCH3 is 1. The highest BCUT2D eigenvalue weighted by molar-refractivity contribution is 5.77. The molecule has 2 heteroatoms. The van der Waals surface area contributed by atoms with E-state index in [0.29, 0.717) is 5.92 Å². The Balaban J connectivity index is 2.65. The molecule has 0 aromatic carbocycles. The first kappa shape index (κ1) is 10.0. The molecule has 0 aromatic heterocycles. The molecule has 0 radical (unpaired) electrons. The third kappa shape index (κ3) is 2.00. The lowest BCUT2D eigenvalue weighted by Gasteiger charge is -1.94. The van der Waals surface area contributed by atoms with Crippen molar-refractivity contribution >= 4 is 5.97 Å². The van der Waals surface area contributed by atoms with E-state index < -0.39 is 0 Å². The lowest BCUT2D eigenvalue weighted by molar-refractivity contribution is -0.142. The Morgan fingerprint density at radius 3 is 2.38 bits per heavy atom. The van der Waals surface area contributed by atoms with Gasteiger partial charge in [-0.05, 0) is 25.7 Å². The Hall–Kier alpha value is -1.05. The largest absolute Gasteiger partial charge is 0.469 e. The number of hydrogen-bond acceptors (Lipinski definition) is 2. The first-order valence-corrected chi connectivity index (χ1v) is 4.47. The maximum Gasteiger partial charge on any atom is 0.309 e. The summed E-state index contributed by atoms with van der Waals surface area (Å²) in [5.74, 6) is 0.488. The Morgan fingerprint density at radius 1 is 1.38 bits per heavy atom. The van der Waals surface area contributed by atoms with Crippen molar-refractivity contribution in [2.24, 2.45) is 17.8 Å². The number of rotatable bonds is 3. The first-order valence-electron chi connectivity index (χ1n) is 4.47. The highest BCUT2D eigenvalue weighted by Gasteiger charge is 2.52. The van der Waals surface area contributed by atoms with E-state index in [4.69, 9.17) is 4.74 Å². The third-order valence-electron chi connectivity index (χ3n) is 2.40. The number of hydrogen-bond donors (Lipinski definition) is 0. The van der Waals surface area contributed by atoms with Crippen molar-refractivity contribution in [2.75, 3.05) is 7.11 Å². The fourth-order valence-corrected chi connectivity index (χ4v) is 1.71. The summed E-state index contributed by atoms with van der Waals surface area (Å²) in [5, 5.41) is 0. The van der Waals surface area contributed by atoms with Gasteiger partial charge in [0, 0.05) is 0 Å². The highest BCUT2D eigenvalue weighted by Crippen LogP contribution is 2.49. The van der Waals surface area contributed by atoms with Crippen LogP contribution >= 0.6 is 0 Å². The number of esters is 1. The fourth-order valence-electron chi connectivity index (χ4n) is 1.71. The van der Waals surface area contributed by atoms with Gasteiger partial charge in [-0.3, -0.25) is 4.79 Å². The van der Waals surface area contributed by atoms with Crippen LogP contribution in [0.25, 0.3) is 0 Å². The Labute approximate surface area is 79.3 Å². The van der Waals surface area contributed by atoms with Gasteiger partial charge in [0.2, 0.25) is 0 Å². The van der Waals surface area contributed by atoms with E-state index in [2.05, 4.69) is 12.7 Å². The summed E-state index contributed by atoms with van der Waals surface area (Å²) in [6, 6.07) is 0. The van der Waals surface area contributed by atoms with Crippen LogP contribution in [0.4, 0.5) is 0 Å². The standard InChI is InChI=1S/C11H16O2/c1-5-8-9(6-7(2)3)10(8)11(12)13-4/h5-6,8-10H,1H2,2-4H3/t8-,9?,10-/m1/s1. The predicted molar refractivity (Wildman–Crippen MR) is 52.1 cm³/mol. The molecule has 1 unspecified atom stereocenters. The Kier molecular flexibility index (Phi) is 2.91. The van der Waals surface area contributed by atoms with Crippen LogP contribution in [-0.2, 0) is 9.53 Å². The summed E-state index contributed by atoms with van der Waals surface area (Å²) < 4.78 is 4.70. The van der Waals surface area contributed by atoms with E-state index in [1.165, 1.54) is 12.7 Å². The highest BCUT2D eigenvalue weighted by atomic mass is 16.5. The molecule has 1 aliphatic carbocycles. The summed E-state index contributed by atoms with van der Waals surface area (Å²) in [7, 11) is 1.43. The number of carbonyl (C=O) groups is 1. The van der Waals surface area contributed by atoms with Gasteiger partial charge < -0.3 is 4.74 Å². The molecule has 0 saturated heterocycles. The van der Waals surface area contributed by atoms with Crippen molar-refractivity contribution in [3.05, 3.63) is 24.3 Å². The molecule has 3 atom stereocenters. The zero-order valence-corrected chi connectivity index (χ0v) is 8.41. The number of ether oxygens (including phenoxy) is 1. The zero-order valence-electron chi connectivity index (χ0n) is 8.41. The van der Waals surface area contributed by atoms with Crippen LogP contribution in [0.2, 0.25) is 0 Å². The first-order chi connectivity index (χ1) is 6.11. The SMILES string of the molecule is C=C[C@@H]1C(C=C(C)C)[C@@H]1C(=O)OC. The van der Waals surface area contributed by atoms with Crippen molar-refractivity contribution < 1.29 is 9.53 Å². The number of allylic oxidation sites excluding steroid dienone is 3. The van der Waals surface area contributed by atoms with Crippen molar-refractivity contribution in [1.82, 2.24) is 0 Å². The molecule has 0 aliphatic heterocycles. The van der Waals surface area contributed by atoms with Crippen LogP contribution in [0, 0.1) is 17.8 Å². The van der Waals surface area contributed by atoms with Gasteiger partial charge in [0.25, 0.3) is 0 Å². The normalized spacial score (nSPS) is 30.5. The minimum atomic E-state index is -0.118. The number of carbonyl (C=O) groups excluding carboxylic acids is 1. The second-order valence-electron chi connectivity index (χ2n) is 3.68. The van der Waals surface area contributed by atoms with Crippen molar-refractivity contribution in [3.8, 4) is 0 Å². The van der Waals surface area contributed by atoms with Crippen LogP contribution < -0.4 is 0 Å². The van der Waals surface area contributed by atoms with Crippen LogP contribution in [-0.4, -0.2) is 13.1 Å². The fraction of sp³-hybridized carbons (Fsp3) is 0.545. The maximum atomic E-state index is 11.2. The quantitative estimate of drug-likeness (QED) is 0.491. The minimum Gasteiger partial charge on any atom is -0.469 e. The van der Waals surface area contributed by atoms with E-state index in [9.17, 15) is 4.79 Å². The molecule has 0 heterocycles. The molecule has 1 aliphatic rings. The molecular formula is C11H16O2. The molecular weight excluding hydrogens is 164 g/mol. The lowest BCUT2D eigenvalue weighted by Crippen LogP contribution is -2.04. The predicted octanol–water partition coefficient (Wildman–Crippen LogP) is 2.17. The summed E-state index contributed by atoms with van der Waals surface area (Å²) in [6.07, 6.45) is 3.96. The smallest absolute Gasteiger partial charge is 0.309 e. The Bertz CT molecular complexity index is 249. The van der Waals surface area contributed by atoms with Gasteiger partial charge in [-0.2, -0.15) is 0 Å². The van der Waals surface area contributed by atoms with E-state index in [-0.39, 0.29) is 17.8 Å². The van der Waals surface area contributed by atoms with E-state index in [0.717, 1.165) is 0 Å². The molecule has 0 amide bonds. The van der Waals surface area contributed by atoms with E-state index >= 15 is 0 Å². The average Bonchev–Trinajstić information content (AvgIpc) is 2.75. The lowest BCUT2D eigenvalue weighted by atomic mass is 10.2. The molecule has 0 aromatic rings. The summed E-state index contributed by atoms with van der Waals surface area (Å²) in [6.45, 7) is 7.78. The topological polar surface area (TPSA) is 26.3 Å². The van der Waals surface area contributed by atoms with Gasteiger partial charge in [-0.15, -0.1) is 6.58 Å². The van der Waals surface area contributed by atoms with E-state index in [1.807, 2.05) is 19.9 Å². The molecule has 0 spiro atoms. The maximum absolute atomic E-state index is 11.2. The van der Waals surface area contributed by atoms with E-state index in [1.54, 1.807) is 0 Å². The van der Waals surface area contributed by atoms with Crippen molar-refractivity contribution in [1.29, 1.82) is 0 Å². The minimum absolute atomic E-state index is 0.0115. The van der Waals surface area contributed by atoms with Gasteiger partial charge in [-0.1, -0.05) is 17.7 Å². The molecule has 2 nitrogen and oxygen atoms in total. The van der Waals surface area contributed by atoms with Gasteiger partial charge in [0.1, 0.15) is 0 Å². The summed E-state index contributed by atoms with van der Waals surface area (Å²) in [5.41, 5.74) is 1.24. The van der Waals surface area contributed by atoms with Gasteiger partial charge in [0.05, 0.1) is 13.0 Å². The second kappa shape index (κ2) is 3.77. The molecule has 0 N–H and O–H groups in total. The van der Waals surface area contributed by atoms with Gasteiger partial charge >= 0.3 is 5.97 Å². The second-order valence-corrected chi connectivity index (χ2v) is 3.68. The monoisotopic (exact) mass is 180 g/mol. The third-order valence-corrected chi connectivity index (χ3v) is 2.40. The molecule has 1 saturated carbocycles. The summed E-state index contributed by atoms with van der Waals surface area (Å²) in [4.78, 5) is 11.2. The van der Waals surface area contributed by atoms with Crippen LogP contribution in [0.1, 0.15) is 13.8 Å². The van der Waals surface area contributed by atoms with Crippen LogP contribution in [0.15, 0.2) is 24.3 Å². The molecule has 0 bridgehead atoms. The summed E-state index contributed by atoms with van der Waals surface area (Å²) >= 11 is 0. The molecule has 72 valence electrons. The average molecular weight is 180 g/mol. The van der Waals surface area contributed by atoms with Gasteiger partial charge in [-0.25, -0.2) is 0 Å². The molecule has 13 heavy (non-hydrogen) atoms. The van der Waals surface area contributed by atoms with Crippen LogP contribution in [0.3, 0.4) is 0 Å². The molecule has 1 fully saturated rings. The van der Waals surface area contributed by atoms with Gasteiger partial charge in [0.15, 0.2) is 0 Å². The van der Waals surface area contributed by atoms with Crippen molar-refractivity contribution in [2.45, 2.75) is 13.8 Å². The zero-order chi connectivity index (χ0) is 10.0. The van der Waals surface area contributed by atoms with Crippen LogP contribution in [0.5, 0.6) is 0 Å².